The molecular formula is C15H29N3O. The van der Waals surface area contributed by atoms with E-state index in [9.17, 15) is 4.79 Å². The maximum absolute atomic E-state index is 12.2. The molecule has 4 unspecified atom stereocenters. The minimum Gasteiger partial charge on any atom is -0.355 e. The van der Waals surface area contributed by atoms with Crippen molar-refractivity contribution in [2.75, 3.05) is 26.2 Å². The minimum absolute atomic E-state index is 0.0207. The van der Waals surface area contributed by atoms with Crippen LogP contribution in [0.4, 0.5) is 0 Å². The van der Waals surface area contributed by atoms with Gasteiger partial charge in [-0.15, -0.1) is 0 Å². The monoisotopic (exact) mass is 267 g/mol. The molecule has 0 saturated carbocycles. The molecule has 4 atom stereocenters. The summed E-state index contributed by atoms with van der Waals surface area (Å²) in [7, 11) is 0. The molecule has 2 N–H and O–H groups in total. The number of hydrogen-bond donors (Lipinski definition) is 2. The first-order chi connectivity index (χ1) is 9.19. The van der Waals surface area contributed by atoms with Crippen LogP contribution in [0.3, 0.4) is 0 Å². The Bertz CT molecular complexity index is 308. The Hall–Kier alpha value is -0.610. The smallest absolute Gasteiger partial charge is 0.237 e. The minimum atomic E-state index is 0.0207. The Balaban J connectivity index is 1.91. The van der Waals surface area contributed by atoms with Crippen LogP contribution in [0.25, 0.3) is 0 Å². The summed E-state index contributed by atoms with van der Waals surface area (Å²) in [5.41, 5.74) is 0. The zero-order valence-electron chi connectivity index (χ0n) is 12.6. The van der Waals surface area contributed by atoms with Crippen molar-refractivity contribution in [1.29, 1.82) is 0 Å². The summed E-state index contributed by atoms with van der Waals surface area (Å²) < 4.78 is 0. The average Bonchev–Trinajstić information content (AvgIpc) is 2.97. The number of unbranched alkanes of at least 4 members (excludes halogenated alkanes) is 1. The highest BCUT2D eigenvalue weighted by molar-refractivity contribution is 5.81. The van der Waals surface area contributed by atoms with Crippen molar-refractivity contribution in [3.8, 4) is 0 Å². The standard InChI is InChI=1S/C15H29N3O/c1-4-6-7-17-15(19)11(3)18-10-12-8-16-9-13(12)14(18)5-2/h11-14,16H,4-10H2,1-3H3,(H,17,19). The Morgan fingerprint density at radius 3 is 2.89 bits per heavy atom. The summed E-state index contributed by atoms with van der Waals surface area (Å²) in [6, 6.07) is 0.597. The lowest BCUT2D eigenvalue weighted by Gasteiger charge is -2.31. The lowest BCUT2D eigenvalue weighted by atomic mass is 9.92. The molecule has 19 heavy (non-hydrogen) atoms. The largest absolute Gasteiger partial charge is 0.355 e. The van der Waals surface area contributed by atoms with Crippen LogP contribution < -0.4 is 10.6 Å². The van der Waals surface area contributed by atoms with Crippen LogP contribution in [-0.2, 0) is 4.79 Å². The number of hydrogen-bond acceptors (Lipinski definition) is 3. The van der Waals surface area contributed by atoms with E-state index in [0.717, 1.165) is 57.3 Å². The number of amides is 1. The van der Waals surface area contributed by atoms with Gasteiger partial charge in [-0.25, -0.2) is 0 Å². The van der Waals surface area contributed by atoms with E-state index < -0.39 is 0 Å². The van der Waals surface area contributed by atoms with E-state index >= 15 is 0 Å². The van der Waals surface area contributed by atoms with Crippen molar-refractivity contribution < 1.29 is 4.79 Å². The molecular weight excluding hydrogens is 238 g/mol. The predicted molar refractivity (Wildman–Crippen MR) is 78.0 cm³/mol. The molecule has 1 amide bonds. The molecule has 2 heterocycles. The van der Waals surface area contributed by atoms with Crippen LogP contribution in [0.2, 0.25) is 0 Å². The van der Waals surface area contributed by atoms with E-state index in [4.69, 9.17) is 0 Å². The third-order valence-corrected chi connectivity index (χ3v) is 4.88. The normalized spacial score (nSPS) is 32.3. The van der Waals surface area contributed by atoms with Gasteiger partial charge < -0.3 is 10.6 Å². The highest BCUT2D eigenvalue weighted by Gasteiger charge is 2.45. The maximum Gasteiger partial charge on any atom is 0.237 e. The molecule has 4 nitrogen and oxygen atoms in total. The van der Waals surface area contributed by atoms with Crippen LogP contribution in [0.1, 0.15) is 40.0 Å². The van der Waals surface area contributed by atoms with Crippen molar-refractivity contribution in [1.82, 2.24) is 15.5 Å². The van der Waals surface area contributed by atoms with Gasteiger partial charge in [-0.05, 0) is 44.7 Å². The molecule has 0 radical (unpaired) electrons. The average molecular weight is 267 g/mol. The van der Waals surface area contributed by atoms with Gasteiger partial charge in [0.2, 0.25) is 5.91 Å². The third-order valence-electron chi connectivity index (χ3n) is 4.88. The Morgan fingerprint density at radius 2 is 2.21 bits per heavy atom. The van der Waals surface area contributed by atoms with Gasteiger partial charge in [-0.2, -0.15) is 0 Å². The number of carbonyl (C=O) groups is 1. The first-order valence-electron chi connectivity index (χ1n) is 7.93. The van der Waals surface area contributed by atoms with Gasteiger partial charge in [-0.1, -0.05) is 20.3 Å². The van der Waals surface area contributed by atoms with Gasteiger partial charge in [-0.3, -0.25) is 9.69 Å². The van der Waals surface area contributed by atoms with Gasteiger partial charge in [0.1, 0.15) is 0 Å². The van der Waals surface area contributed by atoms with Gasteiger partial charge in [0.25, 0.3) is 0 Å². The fourth-order valence-electron chi connectivity index (χ4n) is 3.72. The summed E-state index contributed by atoms with van der Waals surface area (Å²) in [5, 5.41) is 6.57. The maximum atomic E-state index is 12.2. The molecule has 0 aliphatic carbocycles. The van der Waals surface area contributed by atoms with E-state index in [2.05, 4.69) is 36.3 Å². The lowest BCUT2D eigenvalue weighted by molar-refractivity contribution is -0.126. The second kappa shape index (κ2) is 6.71. The summed E-state index contributed by atoms with van der Waals surface area (Å²) in [4.78, 5) is 14.7. The first-order valence-corrected chi connectivity index (χ1v) is 7.93. The second-order valence-electron chi connectivity index (χ2n) is 6.08. The Morgan fingerprint density at radius 1 is 1.42 bits per heavy atom. The molecule has 0 aromatic heterocycles. The fraction of sp³-hybridized carbons (Fsp3) is 0.933. The zero-order chi connectivity index (χ0) is 13.8. The molecule has 0 aromatic rings. The van der Waals surface area contributed by atoms with Crippen LogP contribution in [0, 0.1) is 11.8 Å². The van der Waals surface area contributed by atoms with Crippen molar-refractivity contribution in [2.45, 2.75) is 52.1 Å². The van der Waals surface area contributed by atoms with Crippen LogP contribution >= 0.6 is 0 Å². The number of nitrogens with zero attached hydrogens (tertiary/aromatic N) is 1. The molecule has 2 rings (SSSR count). The van der Waals surface area contributed by atoms with E-state index in [1.54, 1.807) is 0 Å². The molecule has 110 valence electrons. The molecule has 2 aliphatic heterocycles. The molecule has 2 saturated heterocycles. The van der Waals surface area contributed by atoms with Gasteiger partial charge >= 0.3 is 0 Å². The summed E-state index contributed by atoms with van der Waals surface area (Å²) >= 11 is 0. The molecule has 0 aromatic carbocycles. The fourth-order valence-corrected chi connectivity index (χ4v) is 3.72. The van der Waals surface area contributed by atoms with Gasteiger partial charge in [0, 0.05) is 19.1 Å². The van der Waals surface area contributed by atoms with E-state index in [1.165, 1.54) is 0 Å². The number of nitrogens with one attached hydrogen (secondary N) is 2. The SMILES string of the molecule is CCCCNC(=O)C(C)N1CC2CNCC2C1CC. The van der Waals surface area contributed by atoms with Crippen molar-refractivity contribution in [2.24, 2.45) is 11.8 Å². The number of carbonyl (C=O) groups excluding carboxylic acids is 1. The molecule has 2 aliphatic rings. The highest BCUT2D eigenvalue weighted by Crippen LogP contribution is 2.35. The van der Waals surface area contributed by atoms with E-state index in [1.807, 2.05) is 0 Å². The zero-order valence-corrected chi connectivity index (χ0v) is 12.6. The summed E-state index contributed by atoms with van der Waals surface area (Å²) in [6.07, 6.45) is 3.35. The predicted octanol–water partition coefficient (Wildman–Crippen LogP) is 1.22. The third kappa shape index (κ3) is 3.11. The van der Waals surface area contributed by atoms with Crippen LogP contribution in [0.5, 0.6) is 0 Å². The van der Waals surface area contributed by atoms with Crippen molar-refractivity contribution in [3.05, 3.63) is 0 Å². The number of likely N-dealkylation sites (tertiary alicyclic amines) is 1. The molecule has 0 spiro atoms. The topological polar surface area (TPSA) is 44.4 Å². The van der Waals surface area contributed by atoms with Crippen molar-refractivity contribution >= 4 is 5.91 Å². The van der Waals surface area contributed by atoms with E-state index in [0.29, 0.717) is 6.04 Å². The van der Waals surface area contributed by atoms with E-state index in [-0.39, 0.29) is 11.9 Å². The first kappa shape index (κ1) is 14.8. The van der Waals surface area contributed by atoms with Gasteiger partial charge in [0.15, 0.2) is 0 Å². The van der Waals surface area contributed by atoms with Crippen LogP contribution in [-0.4, -0.2) is 49.1 Å². The molecule has 4 heteroatoms. The second-order valence-corrected chi connectivity index (χ2v) is 6.08. The molecule has 0 bridgehead atoms. The van der Waals surface area contributed by atoms with Gasteiger partial charge in [0.05, 0.1) is 6.04 Å². The quantitative estimate of drug-likeness (QED) is 0.711. The van der Waals surface area contributed by atoms with Crippen molar-refractivity contribution in [3.63, 3.8) is 0 Å². The van der Waals surface area contributed by atoms with Crippen LogP contribution in [0.15, 0.2) is 0 Å². The Kier molecular flexibility index (Phi) is 5.22. The number of fused-ring (bicyclic) bond motifs is 1. The lowest BCUT2D eigenvalue weighted by Crippen LogP contribution is -2.49. The Labute approximate surface area is 117 Å². The summed E-state index contributed by atoms with van der Waals surface area (Å²) in [5.74, 6) is 1.70. The highest BCUT2D eigenvalue weighted by atomic mass is 16.2. The molecule has 2 fully saturated rings. The summed E-state index contributed by atoms with van der Waals surface area (Å²) in [6.45, 7) is 10.6. The number of rotatable bonds is 6.